The first-order valence-electron chi connectivity index (χ1n) is 9.13. The summed E-state index contributed by atoms with van der Waals surface area (Å²) in [6.07, 6.45) is 3.94. The molecule has 1 saturated heterocycles. The molecule has 0 amide bonds. The molecule has 0 bridgehead atoms. The lowest BCUT2D eigenvalue weighted by Crippen LogP contribution is -2.48. The zero-order chi connectivity index (χ0) is 19.6. The first kappa shape index (κ1) is 24.9. The fourth-order valence-electron chi connectivity index (χ4n) is 3.00. The van der Waals surface area contributed by atoms with E-state index in [1.807, 2.05) is 13.0 Å². The molecule has 1 heterocycles. The summed E-state index contributed by atoms with van der Waals surface area (Å²) in [5.41, 5.74) is 0.515. The number of benzene rings is 1. The fourth-order valence-corrected chi connectivity index (χ4v) is 3.20. The van der Waals surface area contributed by atoms with Gasteiger partial charge in [0, 0.05) is 42.8 Å². The summed E-state index contributed by atoms with van der Waals surface area (Å²) in [4.78, 5) is 6.88. The van der Waals surface area contributed by atoms with Gasteiger partial charge in [-0.05, 0) is 38.0 Å². The highest BCUT2D eigenvalue weighted by Gasteiger charge is 2.19. The molecule has 0 saturated carbocycles. The van der Waals surface area contributed by atoms with Crippen LogP contribution in [0.25, 0.3) is 0 Å². The zero-order valence-electron chi connectivity index (χ0n) is 16.0. The molecule has 1 aliphatic heterocycles. The number of alkyl halides is 2. The van der Waals surface area contributed by atoms with E-state index in [0.29, 0.717) is 29.1 Å². The summed E-state index contributed by atoms with van der Waals surface area (Å²) < 4.78 is 29.7. The van der Waals surface area contributed by atoms with Crippen molar-refractivity contribution in [1.29, 1.82) is 0 Å². The van der Waals surface area contributed by atoms with Crippen molar-refractivity contribution in [3.63, 3.8) is 0 Å². The van der Waals surface area contributed by atoms with E-state index in [4.69, 9.17) is 11.6 Å². The third kappa shape index (κ3) is 8.48. The van der Waals surface area contributed by atoms with Crippen LogP contribution < -0.4 is 15.4 Å². The third-order valence-corrected chi connectivity index (χ3v) is 4.54. The Labute approximate surface area is 187 Å². The van der Waals surface area contributed by atoms with Gasteiger partial charge in [-0.2, -0.15) is 8.78 Å². The molecule has 1 fully saturated rings. The lowest BCUT2D eigenvalue weighted by molar-refractivity contribution is -0.0504. The van der Waals surface area contributed by atoms with Crippen LogP contribution in [0.5, 0.6) is 5.75 Å². The van der Waals surface area contributed by atoms with Crippen LogP contribution in [-0.2, 0) is 6.54 Å². The van der Waals surface area contributed by atoms with Crippen molar-refractivity contribution < 1.29 is 13.5 Å². The molecule has 158 valence electrons. The normalized spacial score (nSPS) is 15.8. The van der Waals surface area contributed by atoms with Gasteiger partial charge >= 0.3 is 6.61 Å². The van der Waals surface area contributed by atoms with Gasteiger partial charge in [0.15, 0.2) is 5.96 Å². The summed E-state index contributed by atoms with van der Waals surface area (Å²) in [5.74, 6) is 0.745. The summed E-state index contributed by atoms with van der Waals surface area (Å²) in [6.45, 7) is 6.68. The van der Waals surface area contributed by atoms with Crippen molar-refractivity contribution in [2.24, 2.45) is 4.99 Å². The smallest absolute Gasteiger partial charge is 0.387 e. The van der Waals surface area contributed by atoms with Gasteiger partial charge in [0.25, 0.3) is 0 Å². The van der Waals surface area contributed by atoms with Gasteiger partial charge in [0.05, 0.1) is 6.54 Å². The van der Waals surface area contributed by atoms with E-state index in [9.17, 15) is 8.78 Å². The molecule has 0 aromatic heterocycles. The van der Waals surface area contributed by atoms with Crippen molar-refractivity contribution in [3.05, 3.63) is 41.4 Å². The Morgan fingerprint density at radius 1 is 1.43 bits per heavy atom. The molecule has 0 radical (unpaired) electrons. The van der Waals surface area contributed by atoms with E-state index >= 15 is 0 Å². The molecular weight excluding hydrogens is 501 g/mol. The summed E-state index contributed by atoms with van der Waals surface area (Å²) in [7, 11) is 0. The average molecular weight is 529 g/mol. The highest BCUT2D eigenvalue weighted by molar-refractivity contribution is 14.0. The predicted octanol–water partition coefficient (Wildman–Crippen LogP) is 4.26. The number of hydrogen-bond acceptors (Lipinski definition) is 3. The number of nitrogens with zero attached hydrogens (tertiary/aromatic N) is 2. The number of halogens is 4. The topological polar surface area (TPSA) is 48.9 Å². The Morgan fingerprint density at radius 3 is 2.75 bits per heavy atom. The Kier molecular flexibility index (Phi) is 11.7. The van der Waals surface area contributed by atoms with Gasteiger partial charge < -0.3 is 15.4 Å². The summed E-state index contributed by atoms with van der Waals surface area (Å²) >= 11 is 5.99. The minimum absolute atomic E-state index is 0. The van der Waals surface area contributed by atoms with Crippen molar-refractivity contribution in [2.45, 2.75) is 39.0 Å². The van der Waals surface area contributed by atoms with Gasteiger partial charge in [-0.25, -0.2) is 4.99 Å². The van der Waals surface area contributed by atoms with Crippen LogP contribution in [0.15, 0.2) is 35.8 Å². The highest BCUT2D eigenvalue weighted by atomic mass is 127. The molecule has 1 aliphatic rings. The van der Waals surface area contributed by atoms with E-state index < -0.39 is 6.61 Å². The number of guanidine groups is 1. The van der Waals surface area contributed by atoms with Crippen LogP contribution >= 0.6 is 35.6 Å². The number of likely N-dealkylation sites (tertiary alicyclic amines) is 1. The Balaban J connectivity index is 0.00000392. The van der Waals surface area contributed by atoms with E-state index in [1.165, 1.54) is 12.1 Å². The van der Waals surface area contributed by atoms with Gasteiger partial charge in [-0.15, -0.1) is 30.6 Å². The number of hydrogen-bond donors (Lipinski definition) is 2. The van der Waals surface area contributed by atoms with Gasteiger partial charge in [0.1, 0.15) is 5.75 Å². The SMILES string of the molecule is C=CCN1CCC(NC(=NCc2cc(Cl)ccc2OC(F)F)NCC)CC1.I. The molecule has 0 atom stereocenters. The Bertz CT molecular complexity index is 640. The van der Waals surface area contributed by atoms with Crippen LogP contribution in [0, 0.1) is 0 Å². The Hall–Kier alpha value is -1.13. The standard InChI is InChI=1S/C19H27ClF2N4O.HI/c1-3-9-26-10-7-16(8-11-26)25-19(23-4-2)24-13-14-12-15(20)5-6-17(14)27-18(21)22;/h3,5-6,12,16,18H,1,4,7-11,13H2,2H3,(H2,23,24,25);1H. The van der Waals surface area contributed by atoms with Crippen molar-refractivity contribution in [3.8, 4) is 5.75 Å². The van der Waals surface area contributed by atoms with Crippen LogP contribution in [0.1, 0.15) is 25.3 Å². The van der Waals surface area contributed by atoms with Crippen LogP contribution in [0.2, 0.25) is 5.02 Å². The van der Waals surface area contributed by atoms with Crippen LogP contribution in [0.3, 0.4) is 0 Å². The first-order chi connectivity index (χ1) is 13.0. The first-order valence-corrected chi connectivity index (χ1v) is 9.51. The van der Waals surface area contributed by atoms with E-state index in [-0.39, 0.29) is 36.3 Å². The van der Waals surface area contributed by atoms with Gasteiger partial charge in [-0.3, -0.25) is 4.90 Å². The average Bonchev–Trinajstić information content (AvgIpc) is 2.63. The fraction of sp³-hybridized carbons (Fsp3) is 0.526. The molecule has 1 aromatic rings. The van der Waals surface area contributed by atoms with E-state index in [2.05, 4.69) is 31.8 Å². The van der Waals surface area contributed by atoms with Crippen molar-refractivity contribution in [2.75, 3.05) is 26.2 Å². The summed E-state index contributed by atoms with van der Waals surface area (Å²) in [6, 6.07) is 4.88. The molecule has 0 unspecified atom stereocenters. The minimum Gasteiger partial charge on any atom is -0.434 e. The molecule has 0 aliphatic carbocycles. The van der Waals surface area contributed by atoms with Gasteiger partial charge in [0.2, 0.25) is 0 Å². The molecule has 9 heteroatoms. The number of nitrogens with one attached hydrogen (secondary N) is 2. The maximum Gasteiger partial charge on any atom is 0.387 e. The second-order valence-corrected chi connectivity index (χ2v) is 6.77. The minimum atomic E-state index is -2.89. The van der Waals surface area contributed by atoms with Crippen LogP contribution in [-0.4, -0.2) is 49.7 Å². The number of aliphatic imine (C=N–C) groups is 1. The van der Waals surface area contributed by atoms with Gasteiger partial charge in [-0.1, -0.05) is 17.7 Å². The lowest BCUT2D eigenvalue weighted by Gasteiger charge is -2.32. The van der Waals surface area contributed by atoms with Crippen LogP contribution in [0.4, 0.5) is 8.78 Å². The van der Waals surface area contributed by atoms with E-state index in [0.717, 1.165) is 32.5 Å². The Morgan fingerprint density at radius 2 is 2.14 bits per heavy atom. The molecule has 1 aromatic carbocycles. The maximum atomic E-state index is 12.6. The lowest BCUT2D eigenvalue weighted by atomic mass is 10.1. The number of piperidine rings is 1. The molecule has 2 rings (SSSR count). The van der Waals surface area contributed by atoms with Crippen molar-refractivity contribution in [1.82, 2.24) is 15.5 Å². The monoisotopic (exact) mass is 528 g/mol. The largest absolute Gasteiger partial charge is 0.434 e. The molecule has 2 N–H and O–H groups in total. The second kappa shape index (κ2) is 13.2. The summed E-state index contributed by atoms with van der Waals surface area (Å²) in [5, 5.41) is 7.08. The third-order valence-electron chi connectivity index (χ3n) is 4.31. The van der Waals surface area contributed by atoms with E-state index in [1.54, 1.807) is 6.07 Å². The molecule has 28 heavy (non-hydrogen) atoms. The number of rotatable bonds is 8. The molecule has 5 nitrogen and oxygen atoms in total. The molecule has 0 spiro atoms. The predicted molar refractivity (Wildman–Crippen MR) is 121 cm³/mol. The number of ether oxygens (including phenoxy) is 1. The van der Waals surface area contributed by atoms with Crippen molar-refractivity contribution >= 4 is 41.5 Å². The highest BCUT2D eigenvalue weighted by Crippen LogP contribution is 2.25. The molecular formula is C19H28ClF2IN4O. The maximum absolute atomic E-state index is 12.6. The second-order valence-electron chi connectivity index (χ2n) is 6.33. The zero-order valence-corrected chi connectivity index (χ0v) is 19.1. The quantitative estimate of drug-likeness (QED) is 0.229.